The third-order valence-corrected chi connectivity index (χ3v) is 2.02. The maximum Gasteiger partial charge on any atom is 0.490 e. The van der Waals surface area contributed by atoms with E-state index in [1.807, 2.05) is 25.2 Å². The summed E-state index contributed by atoms with van der Waals surface area (Å²) in [6, 6.07) is 5.65. The Labute approximate surface area is 104 Å². The fourth-order valence-electron chi connectivity index (χ4n) is 1.23. The van der Waals surface area contributed by atoms with E-state index in [4.69, 9.17) is 15.7 Å². The molecule has 0 saturated heterocycles. The topological polar surface area (TPSA) is 106 Å². The van der Waals surface area contributed by atoms with Crippen molar-refractivity contribution in [3.63, 3.8) is 0 Å². The Kier molecular flexibility index (Phi) is 4.27. The Bertz CT molecular complexity index is 581. The Balaban J connectivity index is 0.000000224. The van der Waals surface area contributed by atoms with Crippen LogP contribution in [0.2, 0.25) is 0 Å². The Morgan fingerprint density at radius 1 is 1.47 bits per heavy atom. The number of hydrogen-bond acceptors (Lipinski definition) is 5. The van der Waals surface area contributed by atoms with Gasteiger partial charge in [0, 0.05) is 7.05 Å². The molecule has 4 N–H and O–H groups in total. The minimum Gasteiger partial charge on any atom is -0.475 e. The van der Waals surface area contributed by atoms with E-state index in [-0.39, 0.29) is 0 Å². The fourth-order valence-corrected chi connectivity index (χ4v) is 1.23. The molecule has 2 rings (SSSR count). The van der Waals surface area contributed by atoms with E-state index in [1.165, 1.54) is 0 Å². The quantitative estimate of drug-likeness (QED) is 0.528. The highest BCUT2D eigenvalue weighted by Gasteiger charge is 2.38. The van der Waals surface area contributed by atoms with Gasteiger partial charge < -0.3 is 10.5 Å². The largest absolute Gasteiger partial charge is 0.490 e. The zero-order valence-electron chi connectivity index (χ0n) is 9.64. The van der Waals surface area contributed by atoms with Gasteiger partial charge in [-0.1, -0.05) is 11.3 Å². The highest BCUT2D eigenvalue weighted by atomic mass is 19.4. The summed E-state index contributed by atoms with van der Waals surface area (Å²) in [7, 11) is 1.83. The number of hydrazine groups is 1. The van der Waals surface area contributed by atoms with Crippen molar-refractivity contribution in [3.05, 3.63) is 18.2 Å². The van der Waals surface area contributed by atoms with Gasteiger partial charge in [0.1, 0.15) is 11.0 Å². The van der Waals surface area contributed by atoms with Gasteiger partial charge in [0.2, 0.25) is 0 Å². The molecule has 0 bridgehead atoms. The molecule has 0 saturated carbocycles. The van der Waals surface area contributed by atoms with Crippen LogP contribution >= 0.6 is 0 Å². The number of carboxylic acids is 1. The SMILES string of the molecule is Cn1nnc2cccc(NN)c21.O=C(O)C(F)(F)F. The number of aromatic nitrogens is 3. The summed E-state index contributed by atoms with van der Waals surface area (Å²) in [4.78, 5) is 8.90. The molecule has 19 heavy (non-hydrogen) atoms. The van der Waals surface area contributed by atoms with E-state index in [9.17, 15) is 13.2 Å². The summed E-state index contributed by atoms with van der Waals surface area (Å²) in [6.07, 6.45) is -5.08. The maximum atomic E-state index is 10.6. The number of nitrogens with zero attached hydrogens (tertiary/aromatic N) is 3. The van der Waals surface area contributed by atoms with Gasteiger partial charge in [0.05, 0.1) is 5.69 Å². The number of halogens is 3. The highest BCUT2D eigenvalue weighted by Crippen LogP contribution is 2.18. The van der Waals surface area contributed by atoms with Crippen LogP contribution in [0.3, 0.4) is 0 Å². The third-order valence-electron chi connectivity index (χ3n) is 2.02. The van der Waals surface area contributed by atoms with Gasteiger partial charge in [-0.05, 0) is 12.1 Å². The molecule has 0 amide bonds. The van der Waals surface area contributed by atoms with E-state index in [0.717, 1.165) is 16.7 Å². The van der Waals surface area contributed by atoms with Gasteiger partial charge in [-0.3, -0.25) is 5.84 Å². The zero-order valence-corrected chi connectivity index (χ0v) is 9.64. The molecule has 1 aromatic heterocycles. The lowest BCUT2D eigenvalue weighted by molar-refractivity contribution is -0.192. The van der Waals surface area contributed by atoms with Crippen LogP contribution < -0.4 is 11.3 Å². The van der Waals surface area contributed by atoms with Gasteiger partial charge >= 0.3 is 12.1 Å². The molecule has 0 atom stereocenters. The van der Waals surface area contributed by atoms with Crippen LogP contribution in [0.25, 0.3) is 11.0 Å². The molecule has 1 heterocycles. The monoisotopic (exact) mass is 277 g/mol. The molecule has 0 unspecified atom stereocenters. The summed E-state index contributed by atoms with van der Waals surface area (Å²) in [5, 5.41) is 14.9. The van der Waals surface area contributed by atoms with Gasteiger partial charge in [0.25, 0.3) is 0 Å². The number of fused-ring (bicyclic) bond motifs is 1. The van der Waals surface area contributed by atoms with Crippen molar-refractivity contribution in [1.82, 2.24) is 15.0 Å². The van der Waals surface area contributed by atoms with Crippen LogP contribution in [0, 0.1) is 0 Å². The van der Waals surface area contributed by atoms with Gasteiger partial charge in [0.15, 0.2) is 0 Å². The van der Waals surface area contributed by atoms with Crippen LogP contribution in [0.5, 0.6) is 0 Å². The van der Waals surface area contributed by atoms with Crippen LogP contribution in [0.1, 0.15) is 0 Å². The molecule has 0 aliphatic heterocycles. The molecular weight excluding hydrogens is 267 g/mol. The number of carboxylic acid groups (broad SMARTS) is 1. The fraction of sp³-hybridized carbons (Fsp3) is 0.222. The van der Waals surface area contributed by atoms with E-state index < -0.39 is 12.1 Å². The Morgan fingerprint density at radius 3 is 2.53 bits per heavy atom. The second-order valence-electron chi connectivity index (χ2n) is 3.33. The minimum atomic E-state index is -5.08. The van der Waals surface area contributed by atoms with Crippen molar-refractivity contribution in [2.75, 3.05) is 5.43 Å². The molecule has 7 nitrogen and oxygen atoms in total. The van der Waals surface area contributed by atoms with E-state index in [1.54, 1.807) is 4.68 Å². The Hall–Kier alpha value is -2.36. The number of benzene rings is 1. The molecule has 1 aromatic carbocycles. The van der Waals surface area contributed by atoms with Gasteiger partial charge in [-0.2, -0.15) is 13.2 Å². The number of nitrogen functional groups attached to an aromatic ring is 1. The van der Waals surface area contributed by atoms with E-state index >= 15 is 0 Å². The van der Waals surface area contributed by atoms with E-state index in [0.29, 0.717) is 0 Å². The molecule has 104 valence electrons. The number of hydrogen-bond donors (Lipinski definition) is 3. The maximum absolute atomic E-state index is 10.6. The van der Waals surface area contributed by atoms with Crippen molar-refractivity contribution in [2.45, 2.75) is 6.18 Å². The predicted molar refractivity (Wildman–Crippen MR) is 60.0 cm³/mol. The molecule has 0 spiro atoms. The molecule has 10 heteroatoms. The number of aryl methyl sites for hydroxylation is 1. The average Bonchev–Trinajstić information content (AvgIpc) is 2.71. The van der Waals surface area contributed by atoms with Crippen LogP contribution in [0.15, 0.2) is 18.2 Å². The zero-order chi connectivity index (χ0) is 14.6. The third kappa shape index (κ3) is 3.55. The highest BCUT2D eigenvalue weighted by molar-refractivity contribution is 5.87. The molecular formula is C9H10F3N5O2. The van der Waals surface area contributed by atoms with Gasteiger partial charge in [-0.25, -0.2) is 9.48 Å². The minimum absolute atomic E-state index is 0.833. The average molecular weight is 277 g/mol. The Morgan fingerprint density at radius 2 is 2.05 bits per heavy atom. The normalized spacial score (nSPS) is 10.8. The lowest BCUT2D eigenvalue weighted by Crippen LogP contribution is -2.21. The first-order valence-electron chi connectivity index (χ1n) is 4.82. The number of anilines is 1. The van der Waals surface area contributed by atoms with Crippen molar-refractivity contribution >= 4 is 22.7 Å². The number of nitrogens with one attached hydrogen (secondary N) is 1. The molecule has 0 fully saturated rings. The van der Waals surface area contributed by atoms with Gasteiger partial charge in [-0.15, -0.1) is 5.10 Å². The second kappa shape index (κ2) is 5.52. The van der Waals surface area contributed by atoms with E-state index in [2.05, 4.69) is 15.7 Å². The number of alkyl halides is 3. The first-order valence-corrected chi connectivity index (χ1v) is 4.82. The second-order valence-corrected chi connectivity index (χ2v) is 3.33. The van der Waals surface area contributed by atoms with Crippen LogP contribution in [0.4, 0.5) is 18.9 Å². The number of aliphatic carboxylic acids is 1. The number of para-hydroxylation sites is 1. The predicted octanol–water partition coefficient (Wildman–Crippen LogP) is 0.887. The van der Waals surface area contributed by atoms with Crippen molar-refractivity contribution in [3.8, 4) is 0 Å². The standard InChI is InChI=1S/C7H9N5.C2HF3O2/c1-12-7-5(9-8)3-2-4-6(7)10-11-12;3-2(4,5)1(6)7/h2-4,9H,8H2,1H3;(H,6,7). The number of carbonyl (C=O) groups is 1. The molecule has 0 radical (unpaired) electrons. The number of nitrogens with two attached hydrogens (primary N) is 1. The summed E-state index contributed by atoms with van der Waals surface area (Å²) in [5.41, 5.74) is 5.19. The first-order chi connectivity index (χ1) is 8.77. The first kappa shape index (κ1) is 14.7. The summed E-state index contributed by atoms with van der Waals surface area (Å²) in [5.74, 6) is 2.57. The van der Waals surface area contributed by atoms with Crippen LogP contribution in [-0.4, -0.2) is 32.2 Å². The summed E-state index contributed by atoms with van der Waals surface area (Å²) >= 11 is 0. The molecule has 0 aliphatic rings. The molecule has 2 aromatic rings. The lowest BCUT2D eigenvalue weighted by Gasteiger charge is -2.00. The lowest BCUT2D eigenvalue weighted by atomic mass is 10.3. The number of rotatable bonds is 1. The smallest absolute Gasteiger partial charge is 0.475 e. The molecule has 0 aliphatic carbocycles. The summed E-state index contributed by atoms with van der Waals surface area (Å²) in [6.45, 7) is 0. The van der Waals surface area contributed by atoms with Crippen molar-refractivity contribution in [1.29, 1.82) is 0 Å². The summed E-state index contributed by atoms with van der Waals surface area (Å²) < 4.78 is 33.4. The van der Waals surface area contributed by atoms with Crippen molar-refractivity contribution < 1.29 is 23.1 Å². The van der Waals surface area contributed by atoms with Crippen LogP contribution in [-0.2, 0) is 11.8 Å². The van der Waals surface area contributed by atoms with Crippen molar-refractivity contribution in [2.24, 2.45) is 12.9 Å².